The fourth-order valence-electron chi connectivity index (χ4n) is 3.03. The minimum Gasteiger partial charge on any atom is -0.481 e. The molecule has 1 unspecified atom stereocenters. The molecule has 2 fully saturated rings. The Bertz CT molecular complexity index is 307. The van der Waals surface area contributed by atoms with Crippen molar-refractivity contribution in [2.45, 2.75) is 38.6 Å². The summed E-state index contributed by atoms with van der Waals surface area (Å²) in [6.07, 6.45) is 2.61. The minimum atomic E-state index is -0.667. The second kappa shape index (κ2) is 4.25. The summed E-state index contributed by atoms with van der Waals surface area (Å²) in [5.41, 5.74) is 0.0431. The van der Waals surface area contributed by atoms with Gasteiger partial charge in [0, 0.05) is 31.7 Å². The SMILES string of the molecule is CN1CCN(C(C)(CC(=O)O)C2(C)CC2)CC1. The maximum atomic E-state index is 11.2. The topological polar surface area (TPSA) is 43.8 Å². The zero-order valence-corrected chi connectivity index (χ0v) is 11.2. The Morgan fingerprint density at radius 2 is 1.82 bits per heavy atom. The molecule has 2 rings (SSSR count). The van der Waals surface area contributed by atoms with Crippen molar-refractivity contribution in [3.8, 4) is 0 Å². The van der Waals surface area contributed by atoms with Crippen molar-refractivity contribution < 1.29 is 9.90 Å². The van der Waals surface area contributed by atoms with Gasteiger partial charge >= 0.3 is 5.97 Å². The van der Waals surface area contributed by atoms with Crippen LogP contribution in [0.4, 0.5) is 0 Å². The van der Waals surface area contributed by atoms with Gasteiger partial charge in [0.1, 0.15) is 0 Å². The zero-order valence-electron chi connectivity index (χ0n) is 11.2. The normalized spacial score (nSPS) is 28.6. The summed E-state index contributed by atoms with van der Waals surface area (Å²) in [4.78, 5) is 15.9. The summed E-state index contributed by atoms with van der Waals surface area (Å²) >= 11 is 0. The fraction of sp³-hybridized carbons (Fsp3) is 0.923. The average Bonchev–Trinajstić information content (AvgIpc) is 2.98. The van der Waals surface area contributed by atoms with E-state index in [0.29, 0.717) is 0 Å². The summed E-state index contributed by atoms with van der Waals surface area (Å²) in [5, 5.41) is 9.19. The number of hydrogen-bond acceptors (Lipinski definition) is 3. The molecule has 0 spiro atoms. The van der Waals surface area contributed by atoms with E-state index in [4.69, 9.17) is 0 Å². The van der Waals surface area contributed by atoms with E-state index in [1.165, 1.54) is 12.8 Å². The van der Waals surface area contributed by atoms with Gasteiger partial charge in [0.25, 0.3) is 0 Å². The maximum absolute atomic E-state index is 11.2. The van der Waals surface area contributed by atoms with Crippen molar-refractivity contribution in [1.29, 1.82) is 0 Å². The van der Waals surface area contributed by atoms with E-state index < -0.39 is 5.97 Å². The van der Waals surface area contributed by atoms with Crippen LogP contribution in [0.3, 0.4) is 0 Å². The smallest absolute Gasteiger partial charge is 0.305 e. The third-order valence-corrected chi connectivity index (χ3v) is 5.00. The van der Waals surface area contributed by atoms with Gasteiger partial charge in [0.05, 0.1) is 6.42 Å². The molecule has 1 aliphatic heterocycles. The third kappa shape index (κ3) is 2.33. The van der Waals surface area contributed by atoms with Crippen LogP contribution in [0.1, 0.15) is 33.1 Å². The molecule has 1 saturated carbocycles. The van der Waals surface area contributed by atoms with E-state index in [2.05, 4.69) is 30.7 Å². The van der Waals surface area contributed by atoms with Gasteiger partial charge in [-0.05, 0) is 32.2 Å². The fourth-order valence-corrected chi connectivity index (χ4v) is 3.03. The summed E-state index contributed by atoms with van der Waals surface area (Å²) in [5.74, 6) is -0.667. The minimum absolute atomic E-state index is 0.167. The van der Waals surface area contributed by atoms with Crippen LogP contribution in [0.15, 0.2) is 0 Å². The monoisotopic (exact) mass is 240 g/mol. The molecule has 4 heteroatoms. The number of likely N-dealkylation sites (N-methyl/N-ethyl adjacent to an activating group) is 1. The number of hydrogen-bond donors (Lipinski definition) is 1. The molecular formula is C13H24N2O2. The van der Waals surface area contributed by atoms with E-state index in [1.54, 1.807) is 0 Å². The lowest BCUT2D eigenvalue weighted by molar-refractivity contribution is -0.142. The number of piperazine rings is 1. The molecule has 98 valence electrons. The highest BCUT2D eigenvalue weighted by Gasteiger charge is 2.56. The molecule has 0 aromatic carbocycles. The van der Waals surface area contributed by atoms with Crippen LogP contribution in [0.25, 0.3) is 0 Å². The standard InChI is InChI=1S/C13H24N2O2/c1-12(4-5-12)13(2,10-11(16)17)15-8-6-14(3)7-9-15/h4-10H2,1-3H3,(H,16,17). The van der Waals surface area contributed by atoms with Gasteiger partial charge in [0.2, 0.25) is 0 Å². The zero-order chi connectivity index (χ0) is 12.7. The molecule has 0 aromatic heterocycles. The first kappa shape index (κ1) is 12.8. The van der Waals surface area contributed by atoms with Crippen molar-refractivity contribution in [2.75, 3.05) is 33.2 Å². The van der Waals surface area contributed by atoms with Crippen LogP contribution >= 0.6 is 0 Å². The maximum Gasteiger partial charge on any atom is 0.305 e. The molecular weight excluding hydrogens is 216 g/mol. The van der Waals surface area contributed by atoms with Gasteiger partial charge in [-0.1, -0.05) is 6.92 Å². The Balaban J connectivity index is 2.13. The summed E-state index contributed by atoms with van der Waals surface area (Å²) < 4.78 is 0. The van der Waals surface area contributed by atoms with E-state index >= 15 is 0 Å². The largest absolute Gasteiger partial charge is 0.481 e. The first-order valence-corrected chi connectivity index (χ1v) is 6.53. The molecule has 2 aliphatic rings. The van der Waals surface area contributed by atoms with Crippen LogP contribution in [-0.4, -0.2) is 59.6 Å². The molecule has 1 saturated heterocycles. The second-order valence-electron chi connectivity index (χ2n) is 6.20. The Kier molecular flexibility index (Phi) is 3.21. The Labute approximate surface area is 104 Å². The van der Waals surface area contributed by atoms with Crippen molar-refractivity contribution in [3.05, 3.63) is 0 Å². The predicted molar refractivity (Wildman–Crippen MR) is 67.1 cm³/mol. The van der Waals surface area contributed by atoms with Crippen molar-refractivity contribution in [3.63, 3.8) is 0 Å². The van der Waals surface area contributed by atoms with Gasteiger partial charge in [-0.25, -0.2) is 0 Å². The highest BCUT2D eigenvalue weighted by atomic mass is 16.4. The summed E-state index contributed by atoms with van der Waals surface area (Å²) in [7, 11) is 2.13. The quantitative estimate of drug-likeness (QED) is 0.803. The van der Waals surface area contributed by atoms with Crippen LogP contribution in [-0.2, 0) is 4.79 Å². The second-order valence-corrected chi connectivity index (χ2v) is 6.20. The lowest BCUT2D eigenvalue weighted by atomic mass is 9.79. The van der Waals surface area contributed by atoms with E-state index in [9.17, 15) is 9.90 Å². The van der Waals surface area contributed by atoms with Crippen molar-refractivity contribution >= 4 is 5.97 Å². The van der Waals surface area contributed by atoms with Gasteiger partial charge in [-0.2, -0.15) is 0 Å². The van der Waals surface area contributed by atoms with Crippen molar-refractivity contribution in [2.24, 2.45) is 5.41 Å². The molecule has 0 aromatic rings. The number of carbonyl (C=O) groups is 1. The van der Waals surface area contributed by atoms with Crippen LogP contribution in [0.5, 0.6) is 0 Å². The van der Waals surface area contributed by atoms with E-state index in [0.717, 1.165) is 26.2 Å². The highest BCUT2D eigenvalue weighted by molar-refractivity contribution is 5.68. The average molecular weight is 240 g/mol. The third-order valence-electron chi connectivity index (χ3n) is 5.00. The summed E-state index contributed by atoms with van der Waals surface area (Å²) in [6.45, 7) is 8.48. The van der Waals surface area contributed by atoms with E-state index in [-0.39, 0.29) is 17.4 Å². The highest BCUT2D eigenvalue weighted by Crippen LogP contribution is 2.57. The lowest BCUT2D eigenvalue weighted by Gasteiger charge is -2.48. The molecule has 1 atom stereocenters. The van der Waals surface area contributed by atoms with Crippen molar-refractivity contribution in [1.82, 2.24) is 9.80 Å². The van der Waals surface area contributed by atoms with Crippen LogP contribution in [0.2, 0.25) is 0 Å². The molecule has 1 heterocycles. The molecule has 1 N–H and O–H groups in total. The predicted octanol–water partition coefficient (Wildman–Crippen LogP) is 1.27. The molecule has 17 heavy (non-hydrogen) atoms. The van der Waals surface area contributed by atoms with E-state index in [1.807, 2.05) is 0 Å². The Morgan fingerprint density at radius 3 is 2.24 bits per heavy atom. The molecule has 1 aliphatic carbocycles. The summed E-state index contributed by atoms with van der Waals surface area (Å²) in [6, 6.07) is 0. The number of carboxylic acids is 1. The number of rotatable bonds is 4. The molecule has 0 amide bonds. The Morgan fingerprint density at radius 1 is 1.29 bits per heavy atom. The molecule has 0 radical (unpaired) electrons. The van der Waals surface area contributed by atoms with Gasteiger partial charge < -0.3 is 10.0 Å². The first-order chi connectivity index (χ1) is 7.87. The Hall–Kier alpha value is -0.610. The lowest BCUT2D eigenvalue weighted by Crippen LogP contribution is -2.59. The van der Waals surface area contributed by atoms with Gasteiger partial charge in [-0.15, -0.1) is 0 Å². The molecule has 4 nitrogen and oxygen atoms in total. The van der Waals surface area contributed by atoms with Crippen LogP contribution < -0.4 is 0 Å². The first-order valence-electron chi connectivity index (χ1n) is 6.53. The van der Waals surface area contributed by atoms with Crippen LogP contribution in [0, 0.1) is 5.41 Å². The van der Waals surface area contributed by atoms with Gasteiger partial charge in [-0.3, -0.25) is 9.69 Å². The number of nitrogens with zero attached hydrogens (tertiary/aromatic N) is 2. The number of carboxylic acid groups (broad SMARTS) is 1. The number of aliphatic carboxylic acids is 1. The van der Waals surface area contributed by atoms with Gasteiger partial charge in [0.15, 0.2) is 0 Å². The molecule has 0 bridgehead atoms.